The van der Waals surface area contributed by atoms with Crippen LogP contribution in [0.1, 0.15) is 35.8 Å². The maximum Gasteiger partial charge on any atom is 0.360 e. The number of nitrogens with one attached hydrogen (secondary N) is 1. The fourth-order valence-corrected chi connectivity index (χ4v) is 2.08. The average molecular weight is 342 g/mol. The molecule has 130 valence electrons. The first-order valence-corrected chi connectivity index (χ1v) is 7.55. The third kappa shape index (κ3) is 4.57. The maximum atomic E-state index is 12.5. The zero-order valence-electron chi connectivity index (χ0n) is 14.1. The number of esters is 1. The number of nitriles is 1. The molecule has 0 fully saturated rings. The van der Waals surface area contributed by atoms with Crippen molar-refractivity contribution in [2.75, 3.05) is 12.4 Å². The van der Waals surface area contributed by atoms with E-state index in [1.807, 2.05) is 19.9 Å². The van der Waals surface area contributed by atoms with Crippen LogP contribution in [0.25, 0.3) is 0 Å². The molecular weight excluding hydrogens is 324 g/mol. The minimum Gasteiger partial charge on any atom is -0.464 e. The number of benzene rings is 1. The van der Waals surface area contributed by atoms with Crippen LogP contribution in [0.3, 0.4) is 0 Å². The van der Waals surface area contributed by atoms with Crippen LogP contribution >= 0.6 is 0 Å². The molecule has 2 amide bonds. The van der Waals surface area contributed by atoms with Gasteiger partial charge in [0.15, 0.2) is 5.69 Å². The number of nitrogens with zero attached hydrogens (tertiary/aromatic N) is 3. The zero-order chi connectivity index (χ0) is 18.4. The lowest BCUT2D eigenvalue weighted by Crippen LogP contribution is -2.39. The summed E-state index contributed by atoms with van der Waals surface area (Å²) in [5.41, 5.74) is 1.00. The summed E-state index contributed by atoms with van der Waals surface area (Å²) in [6, 6.07) is 8.11. The summed E-state index contributed by atoms with van der Waals surface area (Å²) >= 11 is 0. The highest BCUT2D eigenvalue weighted by Gasteiger charge is 2.21. The van der Waals surface area contributed by atoms with E-state index >= 15 is 0 Å². The number of oxazole rings is 1. The maximum absolute atomic E-state index is 12.5. The molecule has 1 aromatic heterocycles. The number of anilines is 1. The minimum atomic E-state index is -0.608. The van der Waals surface area contributed by atoms with E-state index in [1.165, 1.54) is 18.3 Å². The van der Waals surface area contributed by atoms with Crippen molar-refractivity contribution in [1.29, 1.82) is 5.26 Å². The number of hydrogen-bond donors (Lipinski definition) is 1. The van der Waals surface area contributed by atoms with Gasteiger partial charge in [0.2, 0.25) is 5.89 Å². The highest BCUT2D eigenvalue weighted by molar-refractivity contribution is 5.89. The summed E-state index contributed by atoms with van der Waals surface area (Å²) in [5.74, 6) is -0.390. The Labute approximate surface area is 145 Å². The standard InChI is InChI=1S/C17H18N4O4/c1-11(2)21(9-15-20-14(10-25-15)16(22)24-3)17(23)19-13-6-4-5-12(7-13)8-18/h4-7,10-11H,9H2,1-3H3,(H,19,23). The van der Waals surface area contributed by atoms with E-state index in [4.69, 9.17) is 9.68 Å². The number of ether oxygens (including phenoxy) is 1. The van der Waals surface area contributed by atoms with E-state index in [0.29, 0.717) is 11.3 Å². The van der Waals surface area contributed by atoms with Crippen molar-refractivity contribution in [2.45, 2.75) is 26.4 Å². The van der Waals surface area contributed by atoms with Crippen molar-refractivity contribution in [3.63, 3.8) is 0 Å². The zero-order valence-corrected chi connectivity index (χ0v) is 14.1. The van der Waals surface area contributed by atoms with E-state index in [1.54, 1.807) is 24.3 Å². The third-order valence-electron chi connectivity index (χ3n) is 3.38. The van der Waals surface area contributed by atoms with Crippen LogP contribution < -0.4 is 5.32 Å². The van der Waals surface area contributed by atoms with Gasteiger partial charge in [0.1, 0.15) is 6.26 Å². The summed E-state index contributed by atoms with van der Waals surface area (Å²) in [6.07, 6.45) is 1.19. The topological polar surface area (TPSA) is 108 Å². The summed E-state index contributed by atoms with van der Waals surface area (Å²) < 4.78 is 9.80. The number of rotatable bonds is 5. The Morgan fingerprint density at radius 3 is 2.84 bits per heavy atom. The molecular formula is C17H18N4O4. The fraction of sp³-hybridized carbons (Fsp3) is 0.294. The van der Waals surface area contributed by atoms with Gasteiger partial charge in [-0.2, -0.15) is 5.26 Å². The summed E-state index contributed by atoms with van der Waals surface area (Å²) in [6.45, 7) is 3.77. The van der Waals surface area contributed by atoms with Crippen LogP contribution in [-0.2, 0) is 11.3 Å². The van der Waals surface area contributed by atoms with Gasteiger partial charge in [-0.3, -0.25) is 0 Å². The lowest BCUT2D eigenvalue weighted by Gasteiger charge is -2.25. The highest BCUT2D eigenvalue weighted by atomic mass is 16.5. The molecule has 0 aliphatic rings. The Kier molecular flexibility index (Phi) is 5.74. The Hall–Kier alpha value is -3.34. The Morgan fingerprint density at radius 1 is 1.44 bits per heavy atom. The molecule has 25 heavy (non-hydrogen) atoms. The van der Waals surface area contributed by atoms with E-state index in [0.717, 1.165) is 0 Å². The molecule has 0 radical (unpaired) electrons. The second-order valence-corrected chi connectivity index (χ2v) is 5.46. The van der Waals surface area contributed by atoms with Crippen molar-refractivity contribution < 1.29 is 18.7 Å². The van der Waals surface area contributed by atoms with Gasteiger partial charge in [0.05, 0.1) is 25.3 Å². The number of methoxy groups -OCH3 is 1. The predicted octanol–water partition coefficient (Wildman–Crippen LogP) is 2.78. The molecule has 0 saturated heterocycles. The van der Waals surface area contributed by atoms with Crippen LogP contribution in [-0.4, -0.2) is 35.0 Å². The number of hydrogen-bond acceptors (Lipinski definition) is 6. The molecule has 1 N–H and O–H groups in total. The molecule has 1 heterocycles. The molecule has 2 rings (SSSR count). The number of amides is 2. The van der Waals surface area contributed by atoms with Crippen LogP contribution in [0.15, 0.2) is 34.9 Å². The lowest BCUT2D eigenvalue weighted by atomic mass is 10.2. The molecule has 0 saturated carbocycles. The number of urea groups is 1. The van der Waals surface area contributed by atoms with Crippen molar-refractivity contribution in [1.82, 2.24) is 9.88 Å². The van der Waals surface area contributed by atoms with Crippen LogP contribution in [0.2, 0.25) is 0 Å². The van der Waals surface area contributed by atoms with Crippen LogP contribution in [0.4, 0.5) is 10.5 Å². The fourth-order valence-electron chi connectivity index (χ4n) is 2.08. The molecule has 0 aliphatic heterocycles. The average Bonchev–Trinajstić information content (AvgIpc) is 3.07. The molecule has 0 spiro atoms. The van der Waals surface area contributed by atoms with Crippen molar-refractivity contribution >= 4 is 17.7 Å². The molecule has 0 atom stereocenters. The number of carbonyl (C=O) groups is 2. The van der Waals surface area contributed by atoms with Gasteiger partial charge < -0.3 is 19.4 Å². The number of carbonyl (C=O) groups excluding carboxylic acids is 2. The highest BCUT2D eigenvalue weighted by Crippen LogP contribution is 2.14. The van der Waals surface area contributed by atoms with E-state index in [9.17, 15) is 9.59 Å². The Balaban J connectivity index is 2.11. The number of aromatic nitrogens is 1. The Morgan fingerprint density at radius 2 is 2.20 bits per heavy atom. The smallest absolute Gasteiger partial charge is 0.360 e. The quantitative estimate of drug-likeness (QED) is 0.837. The molecule has 2 aromatic rings. The molecule has 8 heteroatoms. The molecule has 1 aromatic carbocycles. The summed E-state index contributed by atoms with van der Waals surface area (Å²) in [5, 5.41) is 11.7. The second kappa shape index (κ2) is 7.97. The van der Waals surface area contributed by atoms with Crippen LogP contribution in [0, 0.1) is 11.3 Å². The molecule has 0 bridgehead atoms. The second-order valence-electron chi connectivity index (χ2n) is 5.46. The predicted molar refractivity (Wildman–Crippen MR) is 88.7 cm³/mol. The first kappa shape index (κ1) is 18.0. The first-order valence-electron chi connectivity index (χ1n) is 7.55. The monoisotopic (exact) mass is 342 g/mol. The summed E-state index contributed by atoms with van der Waals surface area (Å²) in [7, 11) is 1.25. The molecule has 0 aliphatic carbocycles. The van der Waals surface area contributed by atoms with Crippen molar-refractivity contribution in [3.05, 3.63) is 47.7 Å². The van der Waals surface area contributed by atoms with Crippen molar-refractivity contribution in [2.24, 2.45) is 0 Å². The van der Waals surface area contributed by atoms with Gasteiger partial charge in [0, 0.05) is 11.7 Å². The SMILES string of the molecule is COC(=O)c1coc(CN(C(=O)Nc2cccc(C#N)c2)C(C)C)n1. The lowest BCUT2D eigenvalue weighted by molar-refractivity contribution is 0.0594. The minimum absolute atomic E-state index is 0.0448. The van der Waals surface area contributed by atoms with Gasteiger partial charge in [-0.15, -0.1) is 0 Å². The van der Waals surface area contributed by atoms with Gasteiger partial charge in [-0.25, -0.2) is 14.6 Å². The van der Waals surface area contributed by atoms with Crippen LogP contribution in [0.5, 0.6) is 0 Å². The first-order chi connectivity index (χ1) is 11.9. The van der Waals surface area contributed by atoms with E-state index in [-0.39, 0.29) is 30.2 Å². The summed E-state index contributed by atoms with van der Waals surface area (Å²) in [4.78, 5) is 29.4. The van der Waals surface area contributed by atoms with E-state index in [2.05, 4.69) is 15.0 Å². The Bertz CT molecular complexity index is 807. The normalized spacial score (nSPS) is 10.2. The molecule has 8 nitrogen and oxygen atoms in total. The van der Waals surface area contributed by atoms with Crippen molar-refractivity contribution in [3.8, 4) is 6.07 Å². The largest absolute Gasteiger partial charge is 0.464 e. The van der Waals surface area contributed by atoms with Gasteiger partial charge in [0.25, 0.3) is 0 Å². The van der Waals surface area contributed by atoms with Gasteiger partial charge in [-0.05, 0) is 32.0 Å². The third-order valence-corrected chi connectivity index (χ3v) is 3.38. The molecule has 0 unspecified atom stereocenters. The van der Waals surface area contributed by atoms with Gasteiger partial charge >= 0.3 is 12.0 Å². The van der Waals surface area contributed by atoms with Gasteiger partial charge in [-0.1, -0.05) is 6.07 Å². The van der Waals surface area contributed by atoms with E-state index < -0.39 is 5.97 Å².